The molecule has 1 fully saturated rings. The Bertz CT molecular complexity index is 759. The number of allylic oxidation sites excluding steroid dienone is 1. The lowest BCUT2D eigenvalue weighted by molar-refractivity contribution is -0.136. The van der Waals surface area contributed by atoms with E-state index in [1.54, 1.807) is 0 Å². The lowest BCUT2D eigenvalue weighted by atomic mass is 9.83. The number of hydrogen-bond acceptors (Lipinski definition) is 4. The molecule has 0 spiro atoms. The van der Waals surface area contributed by atoms with E-state index in [4.69, 9.17) is 0 Å². The Balaban J connectivity index is 1.64. The minimum Gasteiger partial charge on any atom is -0.347 e. The van der Waals surface area contributed by atoms with Crippen molar-refractivity contribution >= 4 is 17.4 Å². The van der Waals surface area contributed by atoms with E-state index in [-0.39, 0.29) is 23.0 Å². The molecule has 1 saturated heterocycles. The fraction of sp³-hybridized carbons (Fsp3) is 0.545. The van der Waals surface area contributed by atoms with Gasteiger partial charge in [-0.1, -0.05) is 45.9 Å². The number of nitrogens with zero attached hydrogens (tertiary/aromatic N) is 3. The highest BCUT2D eigenvalue weighted by atomic mass is 16.2. The molecule has 146 valence electrons. The first-order chi connectivity index (χ1) is 12.7. The van der Waals surface area contributed by atoms with E-state index in [0.717, 1.165) is 18.8 Å². The standard InChI is InChI=1S/C22H31N3O2/c1-16(2)21(27)25-12-10-24(11-13-25)15-17(26)14-20-22(3,4)18-8-6-7-9-19(18)23(20)5/h6-9,14,16H,10-13,15H2,1-5H3/b20-14-. The van der Waals surface area contributed by atoms with Crippen molar-refractivity contribution in [1.82, 2.24) is 9.80 Å². The monoisotopic (exact) mass is 369 g/mol. The maximum absolute atomic E-state index is 12.8. The number of carbonyl (C=O) groups excluding carboxylic acids is 2. The van der Waals surface area contributed by atoms with Crippen LogP contribution in [0.2, 0.25) is 0 Å². The molecule has 2 aliphatic rings. The van der Waals surface area contributed by atoms with Gasteiger partial charge < -0.3 is 9.80 Å². The van der Waals surface area contributed by atoms with Crippen molar-refractivity contribution < 1.29 is 9.59 Å². The van der Waals surface area contributed by atoms with Gasteiger partial charge in [0.05, 0.1) is 6.54 Å². The predicted octanol–water partition coefficient (Wildman–Crippen LogP) is 2.67. The Morgan fingerprint density at radius 2 is 1.74 bits per heavy atom. The summed E-state index contributed by atoms with van der Waals surface area (Å²) in [5.74, 6) is 0.362. The van der Waals surface area contributed by atoms with Crippen LogP contribution in [-0.4, -0.2) is 61.3 Å². The van der Waals surface area contributed by atoms with Crippen LogP contribution in [-0.2, 0) is 15.0 Å². The Morgan fingerprint density at radius 3 is 2.33 bits per heavy atom. The number of ketones is 1. The molecule has 5 nitrogen and oxygen atoms in total. The third-order valence-corrected chi connectivity index (χ3v) is 5.80. The van der Waals surface area contributed by atoms with Crippen molar-refractivity contribution in [1.29, 1.82) is 0 Å². The van der Waals surface area contributed by atoms with Gasteiger partial charge in [0.1, 0.15) is 0 Å². The van der Waals surface area contributed by atoms with Crippen molar-refractivity contribution in [3.05, 3.63) is 41.6 Å². The van der Waals surface area contributed by atoms with Crippen LogP contribution >= 0.6 is 0 Å². The molecule has 0 aromatic heterocycles. The van der Waals surface area contributed by atoms with E-state index in [0.29, 0.717) is 19.6 Å². The number of para-hydroxylation sites is 1. The minimum atomic E-state index is -0.177. The number of anilines is 1. The van der Waals surface area contributed by atoms with Gasteiger partial charge in [0.2, 0.25) is 5.91 Å². The molecule has 0 radical (unpaired) electrons. The first-order valence-corrected chi connectivity index (χ1v) is 9.81. The second-order valence-corrected chi connectivity index (χ2v) is 8.45. The number of piperazine rings is 1. The maximum atomic E-state index is 12.8. The number of hydrogen-bond donors (Lipinski definition) is 0. The molecule has 5 heteroatoms. The van der Waals surface area contributed by atoms with E-state index < -0.39 is 0 Å². The lowest BCUT2D eigenvalue weighted by Crippen LogP contribution is -2.50. The number of benzene rings is 1. The summed E-state index contributed by atoms with van der Waals surface area (Å²) >= 11 is 0. The SMILES string of the molecule is CC(C)C(=O)N1CCN(CC(=O)/C=C2\N(C)c3ccccc3C2(C)C)CC1. The van der Waals surface area contributed by atoms with E-state index in [1.807, 2.05) is 37.9 Å². The summed E-state index contributed by atoms with van der Waals surface area (Å²) in [6.07, 6.45) is 1.81. The maximum Gasteiger partial charge on any atom is 0.225 e. The largest absolute Gasteiger partial charge is 0.347 e. The molecule has 1 aromatic rings. The number of carbonyl (C=O) groups is 2. The Hall–Kier alpha value is -2.14. The first kappa shape index (κ1) is 19.6. The summed E-state index contributed by atoms with van der Waals surface area (Å²) in [4.78, 5) is 31.0. The zero-order chi connectivity index (χ0) is 19.8. The smallest absolute Gasteiger partial charge is 0.225 e. The lowest BCUT2D eigenvalue weighted by Gasteiger charge is -2.35. The van der Waals surface area contributed by atoms with E-state index in [1.165, 1.54) is 11.3 Å². The van der Waals surface area contributed by atoms with Crippen LogP contribution in [0.3, 0.4) is 0 Å². The summed E-state index contributed by atoms with van der Waals surface area (Å²) in [7, 11) is 2.03. The van der Waals surface area contributed by atoms with Crippen molar-refractivity contribution in [2.24, 2.45) is 5.92 Å². The molecular weight excluding hydrogens is 338 g/mol. The van der Waals surface area contributed by atoms with Crippen LogP contribution in [0.15, 0.2) is 36.0 Å². The number of likely N-dealkylation sites (N-methyl/N-ethyl adjacent to an activating group) is 1. The van der Waals surface area contributed by atoms with Crippen LogP contribution in [0, 0.1) is 5.92 Å². The molecule has 2 heterocycles. The molecule has 1 amide bonds. The van der Waals surface area contributed by atoms with E-state index in [2.05, 4.69) is 41.8 Å². The van der Waals surface area contributed by atoms with Crippen LogP contribution in [0.1, 0.15) is 33.3 Å². The summed E-state index contributed by atoms with van der Waals surface area (Å²) in [5.41, 5.74) is 3.29. The molecule has 2 aliphatic heterocycles. The molecule has 0 bridgehead atoms. The van der Waals surface area contributed by atoms with Gasteiger partial charge in [-0.2, -0.15) is 0 Å². The van der Waals surface area contributed by atoms with Crippen LogP contribution < -0.4 is 4.90 Å². The van der Waals surface area contributed by atoms with Gasteiger partial charge in [-0.05, 0) is 11.6 Å². The van der Waals surface area contributed by atoms with Crippen molar-refractivity contribution in [3.8, 4) is 0 Å². The van der Waals surface area contributed by atoms with Gasteiger partial charge in [-0.15, -0.1) is 0 Å². The summed E-state index contributed by atoms with van der Waals surface area (Å²) in [6.45, 7) is 11.5. The molecule has 0 atom stereocenters. The van der Waals surface area contributed by atoms with Gasteiger partial charge in [0.15, 0.2) is 5.78 Å². The highest BCUT2D eigenvalue weighted by molar-refractivity contribution is 5.94. The van der Waals surface area contributed by atoms with Gasteiger partial charge in [0.25, 0.3) is 0 Å². The summed E-state index contributed by atoms with van der Waals surface area (Å²) in [5, 5.41) is 0. The number of rotatable bonds is 4. The summed E-state index contributed by atoms with van der Waals surface area (Å²) in [6, 6.07) is 8.33. The zero-order valence-electron chi connectivity index (χ0n) is 17.2. The first-order valence-electron chi connectivity index (χ1n) is 9.81. The molecule has 0 saturated carbocycles. The van der Waals surface area contributed by atoms with Crippen LogP contribution in [0.25, 0.3) is 0 Å². The highest BCUT2D eigenvalue weighted by Crippen LogP contribution is 2.46. The average Bonchev–Trinajstić information content (AvgIpc) is 2.83. The zero-order valence-corrected chi connectivity index (χ0v) is 17.2. The number of fused-ring (bicyclic) bond motifs is 1. The van der Waals surface area contributed by atoms with Crippen LogP contribution in [0.5, 0.6) is 0 Å². The fourth-order valence-corrected chi connectivity index (χ4v) is 4.17. The van der Waals surface area contributed by atoms with Crippen LogP contribution in [0.4, 0.5) is 5.69 Å². The fourth-order valence-electron chi connectivity index (χ4n) is 4.17. The average molecular weight is 370 g/mol. The molecule has 3 rings (SSSR count). The Kier molecular flexibility index (Phi) is 5.43. The van der Waals surface area contributed by atoms with Gasteiger partial charge in [-0.25, -0.2) is 0 Å². The topological polar surface area (TPSA) is 43.9 Å². The minimum absolute atomic E-state index is 0.0321. The normalized spacial score (nSPS) is 21.0. The molecule has 27 heavy (non-hydrogen) atoms. The Morgan fingerprint density at radius 1 is 1.11 bits per heavy atom. The van der Waals surface area contributed by atoms with Crippen molar-refractivity contribution in [2.75, 3.05) is 44.7 Å². The third-order valence-electron chi connectivity index (χ3n) is 5.80. The third kappa shape index (κ3) is 3.79. The second-order valence-electron chi connectivity index (χ2n) is 8.45. The predicted molar refractivity (Wildman–Crippen MR) is 109 cm³/mol. The summed E-state index contributed by atoms with van der Waals surface area (Å²) < 4.78 is 0. The second kappa shape index (κ2) is 7.47. The quantitative estimate of drug-likeness (QED) is 0.766. The molecule has 0 aliphatic carbocycles. The Labute approximate surface area is 162 Å². The van der Waals surface area contributed by atoms with Crippen molar-refractivity contribution in [3.63, 3.8) is 0 Å². The van der Waals surface area contributed by atoms with Gasteiger partial charge in [0, 0.05) is 62.0 Å². The molecule has 0 unspecified atom stereocenters. The van der Waals surface area contributed by atoms with Crippen molar-refractivity contribution in [2.45, 2.75) is 33.1 Å². The van der Waals surface area contributed by atoms with Gasteiger partial charge >= 0.3 is 0 Å². The van der Waals surface area contributed by atoms with E-state index >= 15 is 0 Å². The molecule has 0 N–H and O–H groups in total. The molecule has 1 aromatic carbocycles. The van der Waals surface area contributed by atoms with Gasteiger partial charge in [-0.3, -0.25) is 14.5 Å². The van der Waals surface area contributed by atoms with E-state index in [9.17, 15) is 9.59 Å². The highest BCUT2D eigenvalue weighted by Gasteiger charge is 2.38. The molecular formula is C22H31N3O2. The number of amides is 1.